The lowest BCUT2D eigenvalue weighted by Gasteiger charge is -2.09. The highest BCUT2D eigenvalue weighted by molar-refractivity contribution is 7.94. The molecule has 0 radical (unpaired) electrons. The third-order valence-electron chi connectivity index (χ3n) is 2.41. The van der Waals surface area contributed by atoms with Crippen molar-refractivity contribution in [1.29, 1.82) is 0 Å². The molecule has 0 aliphatic heterocycles. The van der Waals surface area contributed by atoms with Crippen LogP contribution in [-0.2, 0) is 10.0 Å². The Labute approximate surface area is 109 Å². The van der Waals surface area contributed by atoms with Crippen LogP contribution in [-0.4, -0.2) is 13.4 Å². The predicted octanol–water partition coefficient (Wildman–Crippen LogP) is 1.85. The highest BCUT2D eigenvalue weighted by Crippen LogP contribution is 2.22. The number of benzene rings is 1. The summed E-state index contributed by atoms with van der Waals surface area (Å²) in [4.78, 5) is 13.2. The van der Waals surface area contributed by atoms with Crippen LogP contribution in [0.25, 0.3) is 0 Å². The molecule has 1 aromatic carbocycles. The van der Waals surface area contributed by atoms with Crippen LogP contribution in [0.2, 0.25) is 0 Å². The van der Waals surface area contributed by atoms with Crippen molar-refractivity contribution in [3.05, 3.63) is 45.2 Å². The van der Waals surface area contributed by atoms with Gasteiger partial charge in [0.1, 0.15) is 0 Å². The quantitative estimate of drug-likeness (QED) is 0.902. The van der Waals surface area contributed by atoms with Crippen molar-refractivity contribution in [2.24, 2.45) is 0 Å². The summed E-state index contributed by atoms with van der Waals surface area (Å²) >= 11 is 0.685. The zero-order chi connectivity index (χ0) is 13.3. The fraction of sp³-hybridized carbons (Fsp3) is 0.182. The van der Waals surface area contributed by atoms with E-state index >= 15 is 0 Å². The van der Waals surface area contributed by atoms with Crippen LogP contribution in [0.1, 0.15) is 11.3 Å². The summed E-state index contributed by atoms with van der Waals surface area (Å²) in [6.45, 7) is 3.37. The first-order valence-corrected chi connectivity index (χ1v) is 7.48. The molecule has 1 heterocycles. The maximum absolute atomic E-state index is 12.1. The molecule has 2 rings (SSSR count). The van der Waals surface area contributed by atoms with Gasteiger partial charge in [-0.2, -0.15) is 0 Å². The van der Waals surface area contributed by atoms with Gasteiger partial charge < -0.3 is 4.98 Å². The fourth-order valence-corrected chi connectivity index (χ4v) is 3.96. The number of para-hydroxylation sites is 1. The van der Waals surface area contributed by atoms with Gasteiger partial charge in [-0.15, -0.1) is 0 Å². The molecular weight excluding hydrogens is 272 g/mol. The molecule has 7 heteroatoms. The van der Waals surface area contributed by atoms with Crippen molar-refractivity contribution in [3.63, 3.8) is 0 Å². The van der Waals surface area contributed by atoms with Gasteiger partial charge in [0, 0.05) is 5.69 Å². The number of thiazole rings is 1. The van der Waals surface area contributed by atoms with Crippen LogP contribution < -0.4 is 9.60 Å². The molecule has 0 saturated carbocycles. The SMILES string of the molecule is Cc1ccccc1NS(=O)(=O)c1sc(=O)[nH]c1C. The van der Waals surface area contributed by atoms with Crippen LogP contribution in [0.3, 0.4) is 0 Å². The standard InChI is InChI=1S/C11H12N2O3S2/c1-7-5-3-4-6-9(7)13-18(15,16)10-8(2)12-11(14)17-10/h3-6,13H,1-2H3,(H,12,14). The van der Waals surface area contributed by atoms with Gasteiger partial charge in [0.25, 0.3) is 10.0 Å². The molecule has 0 aliphatic rings. The Morgan fingerprint density at radius 1 is 1.22 bits per heavy atom. The minimum Gasteiger partial charge on any atom is -0.315 e. The van der Waals surface area contributed by atoms with E-state index in [2.05, 4.69) is 9.71 Å². The topological polar surface area (TPSA) is 79.0 Å². The number of sulfonamides is 1. The zero-order valence-electron chi connectivity index (χ0n) is 9.85. The summed E-state index contributed by atoms with van der Waals surface area (Å²) in [5.74, 6) is 0. The second kappa shape index (κ2) is 4.58. The number of anilines is 1. The first-order valence-electron chi connectivity index (χ1n) is 5.18. The van der Waals surface area contributed by atoms with E-state index in [0.29, 0.717) is 22.7 Å². The van der Waals surface area contributed by atoms with Crippen molar-refractivity contribution >= 4 is 27.0 Å². The average molecular weight is 284 g/mol. The highest BCUT2D eigenvalue weighted by atomic mass is 32.2. The van der Waals surface area contributed by atoms with Crippen molar-refractivity contribution < 1.29 is 8.42 Å². The summed E-state index contributed by atoms with van der Waals surface area (Å²) in [6.07, 6.45) is 0. The normalized spacial score (nSPS) is 11.4. The Balaban J connectivity index is 2.43. The van der Waals surface area contributed by atoms with Crippen LogP contribution >= 0.6 is 11.3 Å². The van der Waals surface area contributed by atoms with E-state index in [-0.39, 0.29) is 9.08 Å². The maximum Gasteiger partial charge on any atom is 0.306 e. The molecule has 0 saturated heterocycles. The smallest absolute Gasteiger partial charge is 0.306 e. The second-order valence-electron chi connectivity index (χ2n) is 3.85. The molecule has 0 aliphatic carbocycles. The van der Waals surface area contributed by atoms with Crippen molar-refractivity contribution in [3.8, 4) is 0 Å². The number of aromatic nitrogens is 1. The molecule has 2 N–H and O–H groups in total. The Bertz CT molecular complexity index is 729. The Morgan fingerprint density at radius 2 is 1.89 bits per heavy atom. The summed E-state index contributed by atoms with van der Waals surface area (Å²) in [6, 6.07) is 7.06. The molecule has 0 fully saturated rings. The molecule has 0 amide bonds. The van der Waals surface area contributed by atoms with E-state index < -0.39 is 10.0 Å². The van der Waals surface area contributed by atoms with Gasteiger partial charge in [0.15, 0.2) is 4.21 Å². The lowest BCUT2D eigenvalue weighted by Crippen LogP contribution is -2.13. The molecule has 0 bridgehead atoms. The van der Waals surface area contributed by atoms with Crippen molar-refractivity contribution in [2.45, 2.75) is 18.1 Å². The molecule has 18 heavy (non-hydrogen) atoms. The lowest BCUT2D eigenvalue weighted by molar-refractivity contribution is 0.602. The molecular formula is C11H12N2O3S2. The van der Waals surface area contributed by atoms with Gasteiger partial charge in [-0.25, -0.2) is 8.42 Å². The summed E-state index contributed by atoms with van der Waals surface area (Å²) < 4.78 is 26.8. The number of nitrogens with one attached hydrogen (secondary N) is 2. The summed E-state index contributed by atoms with van der Waals surface area (Å²) in [5, 5.41) is 0. The fourth-order valence-electron chi connectivity index (χ4n) is 1.53. The number of hydrogen-bond acceptors (Lipinski definition) is 4. The van der Waals surface area contributed by atoms with Gasteiger partial charge in [-0.05, 0) is 25.5 Å². The van der Waals surface area contributed by atoms with Crippen LogP contribution in [0.4, 0.5) is 5.69 Å². The van der Waals surface area contributed by atoms with Crippen molar-refractivity contribution in [1.82, 2.24) is 4.98 Å². The minimum absolute atomic E-state index is 0.0238. The first-order chi connectivity index (χ1) is 8.40. The zero-order valence-corrected chi connectivity index (χ0v) is 11.5. The molecule has 0 unspecified atom stereocenters. The third kappa shape index (κ3) is 2.46. The molecule has 5 nitrogen and oxygen atoms in total. The number of hydrogen-bond donors (Lipinski definition) is 2. The van der Waals surface area contributed by atoms with Gasteiger partial charge in [0.2, 0.25) is 0 Å². The third-order valence-corrected chi connectivity index (χ3v) is 5.38. The first kappa shape index (κ1) is 12.8. The van der Waals surface area contributed by atoms with E-state index in [1.807, 2.05) is 19.1 Å². The summed E-state index contributed by atoms with van der Waals surface area (Å²) in [7, 11) is -3.71. The van der Waals surface area contributed by atoms with Gasteiger partial charge in [-0.3, -0.25) is 9.52 Å². The summed E-state index contributed by atoms with van der Waals surface area (Å²) in [5.41, 5.74) is 1.69. The van der Waals surface area contributed by atoms with E-state index in [4.69, 9.17) is 0 Å². The van der Waals surface area contributed by atoms with Gasteiger partial charge in [0.05, 0.1) is 5.69 Å². The molecule has 1 aromatic heterocycles. The van der Waals surface area contributed by atoms with E-state index in [1.165, 1.54) is 0 Å². The van der Waals surface area contributed by atoms with E-state index in [0.717, 1.165) is 5.56 Å². The van der Waals surface area contributed by atoms with Gasteiger partial charge >= 0.3 is 4.87 Å². The van der Waals surface area contributed by atoms with Crippen LogP contribution in [0, 0.1) is 13.8 Å². The van der Waals surface area contributed by atoms with Crippen molar-refractivity contribution in [2.75, 3.05) is 4.72 Å². The number of rotatable bonds is 3. The molecule has 0 atom stereocenters. The van der Waals surface area contributed by atoms with Crippen LogP contribution in [0.5, 0.6) is 0 Å². The van der Waals surface area contributed by atoms with Gasteiger partial charge in [-0.1, -0.05) is 29.5 Å². The monoisotopic (exact) mass is 284 g/mol. The maximum atomic E-state index is 12.1. The number of aromatic amines is 1. The predicted molar refractivity (Wildman–Crippen MR) is 71.7 cm³/mol. The lowest BCUT2D eigenvalue weighted by atomic mass is 10.2. The average Bonchev–Trinajstić information content (AvgIpc) is 2.62. The Kier molecular flexibility index (Phi) is 3.27. The number of aryl methyl sites for hydroxylation is 2. The molecule has 2 aromatic rings. The minimum atomic E-state index is -3.71. The molecule has 96 valence electrons. The highest BCUT2D eigenvalue weighted by Gasteiger charge is 2.21. The Morgan fingerprint density at radius 3 is 2.44 bits per heavy atom. The Hall–Kier alpha value is -1.60. The molecule has 0 spiro atoms. The number of H-pyrrole nitrogens is 1. The largest absolute Gasteiger partial charge is 0.315 e. The van der Waals surface area contributed by atoms with E-state index in [9.17, 15) is 13.2 Å². The second-order valence-corrected chi connectivity index (χ2v) is 6.71. The van der Waals surface area contributed by atoms with E-state index in [1.54, 1.807) is 19.1 Å². The van der Waals surface area contributed by atoms with Crippen LogP contribution in [0.15, 0.2) is 33.3 Å².